The van der Waals surface area contributed by atoms with Crippen LogP contribution in [0.25, 0.3) is 0 Å². The Hall–Kier alpha value is -0.890. The molecular formula is C4H2F6O4P+. The number of rotatable bonds is 2. The van der Waals surface area contributed by atoms with Gasteiger partial charge in [-0.2, -0.15) is 30.9 Å². The molecule has 0 saturated carbocycles. The zero-order chi connectivity index (χ0) is 12.4. The highest BCUT2D eigenvalue weighted by molar-refractivity contribution is 7.32. The minimum Gasteiger partial charge on any atom is -0.245 e. The van der Waals surface area contributed by atoms with E-state index >= 15 is 0 Å². The topological polar surface area (TPSA) is 63.6 Å². The molecule has 1 atom stereocenters. The normalized spacial score (nSPS) is 14.0. The minimum absolute atomic E-state index is 2.86. The van der Waals surface area contributed by atoms with Crippen LogP contribution in [0.5, 0.6) is 0 Å². The number of halogens is 6. The van der Waals surface area contributed by atoms with Gasteiger partial charge in [0.15, 0.2) is 0 Å². The summed E-state index contributed by atoms with van der Waals surface area (Å²) in [6, 6.07) is 0. The highest BCUT2D eigenvalue weighted by Gasteiger charge is 2.64. The Morgan fingerprint density at radius 2 is 1.47 bits per heavy atom. The lowest BCUT2D eigenvalue weighted by atomic mass is 10.1. The van der Waals surface area contributed by atoms with Crippen molar-refractivity contribution >= 4 is 14.2 Å². The maximum atomic E-state index is 11.7. The number of alkyl halides is 6. The van der Waals surface area contributed by atoms with E-state index in [2.05, 4.69) is 4.52 Å². The summed E-state index contributed by atoms with van der Waals surface area (Å²) < 4.78 is 83.0. The van der Waals surface area contributed by atoms with Gasteiger partial charge in [-0.05, 0) is 0 Å². The molecule has 0 radical (unpaired) electrons. The SMILES string of the molecule is O=C(O[P+](=O)O)C(C(F)(F)F)C(F)(F)F. The van der Waals surface area contributed by atoms with E-state index in [9.17, 15) is 35.7 Å². The zero-order valence-electron chi connectivity index (χ0n) is 6.46. The molecule has 0 aliphatic rings. The van der Waals surface area contributed by atoms with Crippen LogP contribution < -0.4 is 0 Å². The zero-order valence-corrected chi connectivity index (χ0v) is 7.36. The Morgan fingerprint density at radius 1 is 1.13 bits per heavy atom. The van der Waals surface area contributed by atoms with Crippen molar-refractivity contribution in [3.05, 3.63) is 0 Å². The molecule has 0 aliphatic carbocycles. The Labute approximate surface area is 78.8 Å². The molecule has 0 saturated heterocycles. The summed E-state index contributed by atoms with van der Waals surface area (Å²) in [6.07, 6.45) is -11.9. The molecule has 0 aromatic rings. The molecule has 0 aromatic carbocycles. The first-order valence-electron chi connectivity index (χ1n) is 2.97. The molecule has 0 rings (SSSR count). The first kappa shape index (κ1) is 14.1. The van der Waals surface area contributed by atoms with E-state index < -0.39 is 32.5 Å². The van der Waals surface area contributed by atoms with Gasteiger partial charge < -0.3 is 0 Å². The second-order valence-electron chi connectivity index (χ2n) is 2.16. The van der Waals surface area contributed by atoms with Gasteiger partial charge in [0.25, 0.3) is 5.92 Å². The fraction of sp³-hybridized carbons (Fsp3) is 0.750. The summed E-state index contributed by atoms with van der Waals surface area (Å²) in [6.45, 7) is 0. The van der Waals surface area contributed by atoms with Crippen molar-refractivity contribution in [2.45, 2.75) is 12.4 Å². The summed E-state index contributed by atoms with van der Waals surface area (Å²) in [5.74, 6) is -7.28. The fourth-order valence-electron chi connectivity index (χ4n) is 0.583. The van der Waals surface area contributed by atoms with Crippen LogP contribution >= 0.6 is 8.25 Å². The molecular weight excluding hydrogens is 257 g/mol. The van der Waals surface area contributed by atoms with Crippen molar-refractivity contribution in [2.75, 3.05) is 0 Å². The van der Waals surface area contributed by atoms with Crippen LogP contribution in [0.4, 0.5) is 26.3 Å². The van der Waals surface area contributed by atoms with Crippen LogP contribution in [-0.4, -0.2) is 23.2 Å². The Bertz CT molecular complexity index is 255. The van der Waals surface area contributed by atoms with E-state index in [0.717, 1.165) is 0 Å². The third-order valence-corrected chi connectivity index (χ3v) is 1.39. The Kier molecular flexibility index (Phi) is 4.06. The van der Waals surface area contributed by atoms with Crippen molar-refractivity contribution in [3.8, 4) is 0 Å². The average Bonchev–Trinajstić information content (AvgIpc) is 1.74. The van der Waals surface area contributed by atoms with Crippen LogP contribution in [-0.2, 0) is 13.9 Å². The lowest BCUT2D eigenvalue weighted by molar-refractivity contribution is -0.278. The quantitative estimate of drug-likeness (QED) is 0.607. The van der Waals surface area contributed by atoms with Crippen LogP contribution in [0.15, 0.2) is 0 Å². The van der Waals surface area contributed by atoms with Gasteiger partial charge in [-0.3, -0.25) is 0 Å². The second-order valence-corrected chi connectivity index (χ2v) is 2.82. The molecule has 0 heterocycles. The predicted molar refractivity (Wildman–Crippen MR) is 31.5 cm³/mol. The molecule has 1 unspecified atom stereocenters. The van der Waals surface area contributed by atoms with Gasteiger partial charge in [-0.1, -0.05) is 0 Å². The third-order valence-electron chi connectivity index (χ3n) is 1.06. The first-order valence-corrected chi connectivity index (χ1v) is 4.10. The summed E-state index contributed by atoms with van der Waals surface area (Å²) in [4.78, 5) is 18.1. The van der Waals surface area contributed by atoms with E-state index in [-0.39, 0.29) is 0 Å². The van der Waals surface area contributed by atoms with Crippen LogP contribution in [0.1, 0.15) is 0 Å². The van der Waals surface area contributed by atoms with E-state index in [1.54, 1.807) is 0 Å². The molecule has 0 spiro atoms. The minimum atomic E-state index is -5.93. The summed E-state index contributed by atoms with van der Waals surface area (Å²) in [5, 5.41) is 0. The maximum absolute atomic E-state index is 11.7. The lowest BCUT2D eigenvalue weighted by Gasteiger charge is -2.18. The number of carbonyl (C=O) groups is 1. The summed E-state index contributed by atoms with van der Waals surface area (Å²) in [5.41, 5.74) is 0. The lowest BCUT2D eigenvalue weighted by Crippen LogP contribution is -2.42. The molecule has 15 heavy (non-hydrogen) atoms. The second kappa shape index (κ2) is 4.31. The summed E-state index contributed by atoms with van der Waals surface area (Å²) in [7, 11) is -3.87. The summed E-state index contributed by atoms with van der Waals surface area (Å²) >= 11 is 0. The standard InChI is InChI=1S/C4HF6O4P/c5-3(6,7)1(4(8,9)10)2(11)14-15(12)13/h1H/p+1. The van der Waals surface area contributed by atoms with Gasteiger partial charge in [0.05, 0.1) is 0 Å². The maximum Gasteiger partial charge on any atom is 0.750 e. The largest absolute Gasteiger partial charge is 0.750 e. The monoisotopic (exact) mass is 259 g/mol. The van der Waals surface area contributed by atoms with E-state index in [1.165, 1.54) is 0 Å². The molecule has 88 valence electrons. The molecule has 11 heteroatoms. The van der Waals surface area contributed by atoms with E-state index in [4.69, 9.17) is 4.89 Å². The van der Waals surface area contributed by atoms with Gasteiger partial charge in [-0.25, -0.2) is 4.79 Å². The smallest absolute Gasteiger partial charge is 0.245 e. The van der Waals surface area contributed by atoms with Gasteiger partial charge in [-0.15, -0.1) is 4.89 Å². The van der Waals surface area contributed by atoms with Gasteiger partial charge in [0.1, 0.15) is 0 Å². The van der Waals surface area contributed by atoms with Gasteiger partial charge in [0.2, 0.25) is 0 Å². The molecule has 0 aromatic heterocycles. The van der Waals surface area contributed by atoms with E-state index in [1.807, 2.05) is 0 Å². The van der Waals surface area contributed by atoms with Crippen LogP contribution in [0, 0.1) is 5.92 Å². The molecule has 0 amide bonds. The number of hydrogen-bond acceptors (Lipinski definition) is 3. The average molecular weight is 259 g/mol. The Balaban J connectivity index is 4.98. The highest BCUT2D eigenvalue weighted by Crippen LogP contribution is 2.41. The van der Waals surface area contributed by atoms with Crippen LogP contribution in [0.3, 0.4) is 0 Å². The van der Waals surface area contributed by atoms with E-state index in [0.29, 0.717) is 0 Å². The van der Waals surface area contributed by atoms with Crippen molar-refractivity contribution in [3.63, 3.8) is 0 Å². The number of hydrogen-bond donors (Lipinski definition) is 1. The third kappa shape index (κ3) is 4.43. The molecule has 0 fully saturated rings. The van der Waals surface area contributed by atoms with Crippen molar-refractivity contribution < 1.29 is 45.1 Å². The molecule has 0 bridgehead atoms. The van der Waals surface area contributed by atoms with Crippen molar-refractivity contribution in [1.82, 2.24) is 0 Å². The van der Waals surface area contributed by atoms with Gasteiger partial charge >= 0.3 is 26.6 Å². The van der Waals surface area contributed by atoms with Gasteiger partial charge in [0, 0.05) is 4.57 Å². The fourth-order valence-corrected chi connectivity index (χ4v) is 0.842. The number of carbonyl (C=O) groups excluding carboxylic acids is 1. The van der Waals surface area contributed by atoms with Crippen molar-refractivity contribution in [1.29, 1.82) is 0 Å². The molecule has 4 nitrogen and oxygen atoms in total. The highest BCUT2D eigenvalue weighted by atomic mass is 31.1. The van der Waals surface area contributed by atoms with Crippen LogP contribution in [0.2, 0.25) is 0 Å². The van der Waals surface area contributed by atoms with Crippen molar-refractivity contribution in [2.24, 2.45) is 5.92 Å². The molecule has 0 aliphatic heterocycles. The first-order chi connectivity index (χ1) is 6.46. The Morgan fingerprint density at radius 3 is 1.67 bits per heavy atom. The molecule has 1 N–H and O–H groups in total. The predicted octanol–water partition coefficient (Wildman–Crippen LogP) is 1.92.